The monoisotopic (exact) mass is 1010 g/mol. The van der Waals surface area contributed by atoms with Gasteiger partial charge in [0, 0.05) is 75.3 Å². The third kappa shape index (κ3) is 9.69. The molecular formula is C53H63FN8O9S. The second kappa shape index (κ2) is 19.3. The second-order valence-electron chi connectivity index (χ2n) is 21.2. The minimum atomic E-state index is -4.74. The molecule has 17 nitrogen and oxygen atoms in total. The fourth-order valence-electron chi connectivity index (χ4n) is 11.9. The first kappa shape index (κ1) is 49.3. The molecule has 2 amide bonds. The summed E-state index contributed by atoms with van der Waals surface area (Å²) >= 11 is 0. The van der Waals surface area contributed by atoms with Crippen LogP contribution in [0, 0.1) is 27.3 Å². The lowest BCUT2D eigenvalue weighted by Gasteiger charge is -2.58. The van der Waals surface area contributed by atoms with Crippen LogP contribution in [0.5, 0.6) is 17.2 Å². The van der Waals surface area contributed by atoms with Crippen molar-refractivity contribution < 1.29 is 41.9 Å². The average molecular weight is 1010 g/mol. The number of nitro groups is 1. The van der Waals surface area contributed by atoms with Crippen LogP contribution in [-0.4, -0.2) is 107 Å². The molecule has 2 aromatic heterocycles. The zero-order valence-electron chi connectivity index (χ0n) is 41.2. The number of hydrogen-bond donors (Lipinski definition) is 4. The maximum Gasteiger partial charge on any atom is 0.297 e. The summed E-state index contributed by atoms with van der Waals surface area (Å²) < 4.78 is 57.1. The third-order valence-electron chi connectivity index (χ3n) is 16.2. The Morgan fingerprint density at radius 2 is 1.79 bits per heavy atom. The van der Waals surface area contributed by atoms with Crippen molar-refractivity contribution in [1.82, 2.24) is 24.5 Å². The van der Waals surface area contributed by atoms with Crippen LogP contribution in [0.1, 0.15) is 119 Å². The highest BCUT2D eigenvalue weighted by molar-refractivity contribution is 7.90. The van der Waals surface area contributed by atoms with E-state index in [-0.39, 0.29) is 69.8 Å². The number of hydrogen-bond acceptors (Lipinski definition) is 13. The molecule has 1 spiro atoms. The van der Waals surface area contributed by atoms with Gasteiger partial charge in [0.1, 0.15) is 29.6 Å². The molecule has 2 saturated heterocycles. The maximum absolute atomic E-state index is 14.7. The van der Waals surface area contributed by atoms with E-state index in [2.05, 4.69) is 67.9 Å². The number of aromatic nitrogens is 2. The highest BCUT2D eigenvalue weighted by Gasteiger charge is 2.50. The number of amides is 2. The van der Waals surface area contributed by atoms with Crippen LogP contribution in [-0.2, 0) is 14.8 Å². The van der Waals surface area contributed by atoms with Crippen LogP contribution >= 0.6 is 0 Å². The smallest absolute Gasteiger partial charge is 0.297 e. The summed E-state index contributed by atoms with van der Waals surface area (Å²) in [5, 5.41) is 26.3. The molecule has 382 valence electrons. The second-order valence-corrected chi connectivity index (χ2v) is 22.9. The fraction of sp³-hybridized carbons (Fsp3) is 0.491. The molecular weight excluding hydrogens is 944 g/mol. The number of sulfonamides is 1. The van der Waals surface area contributed by atoms with Crippen LogP contribution in [0.2, 0.25) is 0 Å². The van der Waals surface area contributed by atoms with Gasteiger partial charge >= 0.3 is 0 Å². The van der Waals surface area contributed by atoms with Gasteiger partial charge in [-0.3, -0.25) is 24.6 Å². The molecule has 5 heterocycles. The van der Waals surface area contributed by atoms with Gasteiger partial charge in [-0.05, 0) is 105 Å². The van der Waals surface area contributed by atoms with Gasteiger partial charge in [0.2, 0.25) is 5.91 Å². The Morgan fingerprint density at radius 3 is 2.51 bits per heavy atom. The lowest BCUT2D eigenvalue weighted by molar-refractivity contribution is -0.384. The minimum Gasteiger partial charge on any atom is -0.489 e. The summed E-state index contributed by atoms with van der Waals surface area (Å²) in [5.41, 5.74) is 2.40. The number of fused-ring (bicyclic) bond motifs is 2. The molecule has 72 heavy (non-hydrogen) atoms. The first-order chi connectivity index (χ1) is 34.4. The summed E-state index contributed by atoms with van der Waals surface area (Å²) in [7, 11) is -4.74. The Balaban J connectivity index is 0.863. The number of carbonyl (C=O) groups excluding carboxylic acids is 2. The molecule has 2 saturated carbocycles. The van der Waals surface area contributed by atoms with Crippen LogP contribution < -0.4 is 24.4 Å². The highest BCUT2D eigenvalue weighted by atomic mass is 32.2. The zero-order valence-corrected chi connectivity index (χ0v) is 42.0. The summed E-state index contributed by atoms with van der Waals surface area (Å²) in [4.78, 5) is 52.2. The molecule has 10 rings (SSSR count). The molecule has 5 aliphatic rings. The number of benzene rings is 3. The lowest BCUT2D eigenvalue weighted by Crippen LogP contribution is -2.60. The molecule has 3 aromatic carbocycles. The van der Waals surface area contributed by atoms with E-state index in [0.29, 0.717) is 56.3 Å². The fourth-order valence-corrected chi connectivity index (χ4v) is 12.9. The number of H-pyrrole nitrogens is 1. The molecule has 4 N–H and O–H groups in total. The van der Waals surface area contributed by atoms with E-state index < -0.39 is 42.9 Å². The minimum absolute atomic E-state index is 0.00562. The molecule has 0 radical (unpaired) electrons. The topological polar surface area (TPSA) is 213 Å². The number of carbonyl (C=O) groups is 2. The molecule has 4 fully saturated rings. The normalized spacial score (nSPS) is 23.5. The number of aromatic amines is 1. The Morgan fingerprint density at radius 1 is 1.04 bits per heavy atom. The molecule has 5 aromatic rings. The van der Waals surface area contributed by atoms with Crippen LogP contribution in [0.3, 0.4) is 0 Å². The summed E-state index contributed by atoms with van der Waals surface area (Å²) in [6.07, 6.45) is 9.55. The van der Waals surface area contributed by atoms with Crippen molar-refractivity contribution in [2.75, 3.05) is 49.5 Å². The van der Waals surface area contributed by atoms with E-state index in [1.807, 2.05) is 11.8 Å². The van der Waals surface area contributed by atoms with Crippen molar-refractivity contribution in [3.8, 4) is 17.2 Å². The van der Waals surface area contributed by atoms with Crippen LogP contribution in [0.25, 0.3) is 11.0 Å². The number of aliphatic hydroxyl groups is 1. The Bertz CT molecular complexity index is 3010. The first-order valence-electron chi connectivity index (χ1n) is 25.2. The molecule has 0 unspecified atom stereocenters. The van der Waals surface area contributed by atoms with Gasteiger partial charge in [-0.1, -0.05) is 45.0 Å². The van der Waals surface area contributed by atoms with Gasteiger partial charge in [-0.25, -0.2) is 22.5 Å². The summed E-state index contributed by atoms with van der Waals surface area (Å²) in [6, 6.07) is 17.2. The number of rotatable bonds is 12. The van der Waals surface area contributed by atoms with E-state index >= 15 is 0 Å². The van der Waals surface area contributed by atoms with E-state index in [4.69, 9.17) is 9.47 Å². The van der Waals surface area contributed by atoms with Gasteiger partial charge in [0.25, 0.3) is 21.6 Å². The molecule has 3 aliphatic heterocycles. The van der Waals surface area contributed by atoms with Gasteiger partial charge in [0.15, 0.2) is 11.4 Å². The first-order valence-corrected chi connectivity index (χ1v) is 26.7. The van der Waals surface area contributed by atoms with Crippen molar-refractivity contribution in [2.24, 2.45) is 11.3 Å². The Labute approximate surface area is 418 Å². The number of halogens is 1. The molecule has 0 bridgehead atoms. The van der Waals surface area contributed by atoms with Crippen molar-refractivity contribution in [3.63, 3.8) is 0 Å². The highest BCUT2D eigenvalue weighted by Crippen LogP contribution is 2.54. The van der Waals surface area contributed by atoms with Crippen LogP contribution in [0.15, 0.2) is 78.0 Å². The Kier molecular flexibility index (Phi) is 13.2. The zero-order chi connectivity index (χ0) is 50.7. The number of nitrogens with one attached hydrogen (secondary N) is 3. The number of piperidine rings is 1. The number of anilines is 2. The standard InChI is InChI=1S/C53H63FN8O9S/c1-5-48(63)60-20-21-61(45(30-60)39-9-7-6-8-38(39)32(2)3)35-26-53(27-35)16-18-59(19-17-53)34-10-11-40(46(22-34)71-36-23-41-42(54)29-56-50(41)55-28-36)51(64)58-72(68,69)37-24-44(62(66)67)49-47(25-37)70-31-43(57-49)33-12-14-52(4,65)15-13-33/h6-11,22-25,28-29,32-33,35,43,45,57,65H,5,12-21,26-27,30-31H2,1-4H3,(H,55,56)(H,58,64)/t33?,43-,45+,52?/m1/s1. The van der Waals surface area contributed by atoms with E-state index in [1.54, 1.807) is 19.1 Å². The maximum atomic E-state index is 14.7. The summed E-state index contributed by atoms with van der Waals surface area (Å²) in [6.45, 7) is 12.0. The number of nitrogens with zero attached hydrogens (tertiary/aromatic N) is 5. The molecule has 19 heteroatoms. The summed E-state index contributed by atoms with van der Waals surface area (Å²) in [5.74, 6) is -0.930. The van der Waals surface area contributed by atoms with Crippen molar-refractivity contribution in [3.05, 3.63) is 106 Å². The third-order valence-corrected chi connectivity index (χ3v) is 17.5. The quantitative estimate of drug-likeness (QED) is 0.0681. The van der Waals surface area contributed by atoms with Crippen LogP contribution in [0.4, 0.5) is 21.5 Å². The van der Waals surface area contributed by atoms with Gasteiger partial charge < -0.3 is 34.7 Å². The van der Waals surface area contributed by atoms with E-state index in [1.165, 1.54) is 35.7 Å². The predicted octanol–water partition coefficient (Wildman–Crippen LogP) is 8.80. The average Bonchev–Trinajstić information content (AvgIpc) is 3.73. The van der Waals surface area contributed by atoms with E-state index in [0.717, 1.165) is 69.7 Å². The van der Waals surface area contributed by atoms with Crippen molar-refractivity contribution in [2.45, 2.75) is 120 Å². The molecule has 2 aliphatic carbocycles. The SMILES string of the molecule is CCC(=O)N1CCN(C2CC3(CCN(c4ccc(C(=O)NS(=O)(=O)c5cc6c(c([N+](=O)[O-])c5)N[C@@H](C5CCC(C)(O)CC5)CO6)c(Oc5cnc6[nH]cc(F)c6c5)c4)CC3)C2)[C@H](c2ccccc2C(C)C)C1. The largest absolute Gasteiger partial charge is 0.489 e. The van der Waals surface area contributed by atoms with Gasteiger partial charge in [-0.2, -0.15) is 0 Å². The lowest BCUT2D eigenvalue weighted by atomic mass is 9.59. The van der Waals surface area contributed by atoms with Crippen molar-refractivity contribution in [1.29, 1.82) is 0 Å². The van der Waals surface area contributed by atoms with E-state index in [9.17, 15) is 37.6 Å². The Hall–Kier alpha value is -6.31. The van der Waals surface area contributed by atoms with Gasteiger partial charge in [0.05, 0.1) is 44.7 Å². The molecule has 2 atom stereocenters. The van der Waals surface area contributed by atoms with Crippen molar-refractivity contribution >= 4 is 49.9 Å². The number of pyridine rings is 1. The predicted molar refractivity (Wildman–Crippen MR) is 270 cm³/mol. The van der Waals surface area contributed by atoms with Gasteiger partial charge in [-0.15, -0.1) is 0 Å². The number of piperazine rings is 1. The number of ether oxygens (including phenoxy) is 2. The number of nitro benzene ring substituents is 1.